The summed E-state index contributed by atoms with van der Waals surface area (Å²) in [6, 6.07) is 14.6. The van der Waals surface area contributed by atoms with Gasteiger partial charge in [-0.05, 0) is 57.5 Å². The van der Waals surface area contributed by atoms with E-state index >= 15 is 0 Å². The van der Waals surface area contributed by atoms with Crippen LogP contribution in [0.2, 0.25) is 0 Å². The fraction of sp³-hybridized carbons (Fsp3) is 0.333. The number of amides is 2. The van der Waals surface area contributed by atoms with Gasteiger partial charge in [0.1, 0.15) is 5.75 Å². The van der Waals surface area contributed by atoms with E-state index in [1.807, 2.05) is 45.0 Å². The SMILES string of the molecule is CCN(CC)C(=O)c1ccccc1NC(=O)[C@@H](C)Oc1cccc(C)c1. The molecule has 0 spiro atoms. The van der Waals surface area contributed by atoms with Crippen molar-refractivity contribution in [3.8, 4) is 5.75 Å². The summed E-state index contributed by atoms with van der Waals surface area (Å²) in [4.78, 5) is 26.9. The first-order chi connectivity index (χ1) is 12.5. The molecule has 1 N–H and O–H groups in total. The van der Waals surface area contributed by atoms with Gasteiger partial charge in [0.15, 0.2) is 6.10 Å². The third kappa shape index (κ3) is 4.85. The molecular formula is C21H26N2O3. The first kappa shape index (κ1) is 19.5. The molecule has 138 valence electrons. The number of ether oxygens (including phenoxy) is 1. The molecule has 0 heterocycles. The van der Waals surface area contributed by atoms with Crippen molar-refractivity contribution in [2.45, 2.75) is 33.8 Å². The molecule has 5 heteroatoms. The van der Waals surface area contributed by atoms with Crippen molar-refractivity contribution < 1.29 is 14.3 Å². The van der Waals surface area contributed by atoms with Gasteiger partial charge in [-0.25, -0.2) is 0 Å². The molecule has 0 aliphatic heterocycles. The lowest BCUT2D eigenvalue weighted by Gasteiger charge is -2.21. The van der Waals surface area contributed by atoms with Gasteiger partial charge < -0.3 is 15.0 Å². The summed E-state index contributed by atoms with van der Waals surface area (Å²) in [7, 11) is 0. The zero-order valence-corrected chi connectivity index (χ0v) is 15.8. The van der Waals surface area contributed by atoms with E-state index < -0.39 is 6.10 Å². The zero-order chi connectivity index (χ0) is 19.1. The summed E-state index contributed by atoms with van der Waals surface area (Å²) in [6.45, 7) is 8.74. The van der Waals surface area contributed by atoms with Gasteiger partial charge in [0.25, 0.3) is 11.8 Å². The minimum Gasteiger partial charge on any atom is -0.481 e. The molecular weight excluding hydrogens is 328 g/mol. The number of nitrogens with one attached hydrogen (secondary N) is 1. The van der Waals surface area contributed by atoms with Crippen LogP contribution < -0.4 is 10.1 Å². The van der Waals surface area contributed by atoms with Crippen LogP contribution in [0.5, 0.6) is 5.75 Å². The smallest absolute Gasteiger partial charge is 0.265 e. The fourth-order valence-electron chi connectivity index (χ4n) is 2.64. The Bertz CT molecular complexity index is 769. The minimum atomic E-state index is -0.687. The second kappa shape index (κ2) is 9.04. The molecule has 2 rings (SSSR count). The quantitative estimate of drug-likeness (QED) is 0.821. The van der Waals surface area contributed by atoms with Gasteiger partial charge in [-0.3, -0.25) is 9.59 Å². The van der Waals surface area contributed by atoms with E-state index in [-0.39, 0.29) is 11.8 Å². The van der Waals surface area contributed by atoms with Crippen LogP contribution in [0.1, 0.15) is 36.7 Å². The van der Waals surface area contributed by atoms with Crippen molar-refractivity contribution in [1.82, 2.24) is 4.90 Å². The number of anilines is 1. The normalized spacial score (nSPS) is 11.5. The van der Waals surface area contributed by atoms with Gasteiger partial charge in [-0.2, -0.15) is 0 Å². The number of nitrogens with zero attached hydrogens (tertiary/aromatic N) is 1. The first-order valence-corrected chi connectivity index (χ1v) is 8.88. The molecule has 5 nitrogen and oxygen atoms in total. The molecule has 0 bridgehead atoms. The Kier molecular flexibility index (Phi) is 6.78. The highest BCUT2D eigenvalue weighted by atomic mass is 16.5. The summed E-state index contributed by atoms with van der Waals surface area (Å²) in [5.74, 6) is 0.240. The van der Waals surface area contributed by atoms with Gasteiger partial charge in [0.05, 0.1) is 11.3 Å². The van der Waals surface area contributed by atoms with E-state index in [4.69, 9.17) is 4.74 Å². The van der Waals surface area contributed by atoms with Crippen LogP contribution in [0, 0.1) is 6.92 Å². The number of carbonyl (C=O) groups excluding carboxylic acids is 2. The van der Waals surface area contributed by atoms with Crippen LogP contribution in [-0.2, 0) is 4.79 Å². The standard InChI is InChI=1S/C21H26N2O3/c1-5-23(6-2)21(25)18-12-7-8-13-19(18)22-20(24)16(4)26-17-11-9-10-15(3)14-17/h7-14,16H,5-6H2,1-4H3,(H,22,24)/t16-/m1/s1. The molecule has 0 radical (unpaired) electrons. The molecule has 1 atom stereocenters. The molecule has 26 heavy (non-hydrogen) atoms. The van der Waals surface area contributed by atoms with Gasteiger partial charge in [-0.15, -0.1) is 0 Å². The topological polar surface area (TPSA) is 58.6 Å². The first-order valence-electron chi connectivity index (χ1n) is 8.88. The van der Waals surface area contributed by atoms with Crippen LogP contribution in [0.3, 0.4) is 0 Å². The third-order valence-corrected chi connectivity index (χ3v) is 4.14. The number of rotatable bonds is 7. The van der Waals surface area contributed by atoms with Crippen molar-refractivity contribution in [3.05, 3.63) is 59.7 Å². The van der Waals surface area contributed by atoms with Crippen LogP contribution in [-0.4, -0.2) is 35.9 Å². The number of hydrogen-bond acceptors (Lipinski definition) is 3. The van der Waals surface area contributed by atoms with E-state index in [2.05, 4.69) is 5.32 Å². The maximum Gasteiger partial charge on any atom is 0.265 e. The number of para-hydroxylation sites is 1. The lowest BCUT2D eigenvalue weighted by atomic mass is 10.1. The monoisotopic (exact) mass is 354 g/mol. The Balaban J connectivity index is 2.12. The van der Waals surface area contributed by atoms with Crippen LogP contribution in [0.4, 0.5) is 5.69 Å². The lowest BCUT2D eigenvalue weighted by molar-refractivity contribution is -0.122. The summed E-state index contributed by atoms with van der Waals surface area (Å²) >= 11 is 0. The number of hydrogen-bond donors (Lipinski definition) is 1. The van der Waals surface area contributed by atoms with Gasteiger partial charge >= 0.3 is 0 Å². The Morgan fingerprint density at radius 1 is 1.08 bits per heavy atom. The van der Waals surface area contributed by atoms with E-state index in [0.29, 0.717) is 30.1 Å². The second-order valence-corrected chi connectivity index (χ2v) is 6.09. The Morgan fingerprint density at radius 3 is 2.42 bits per heavy atom. The third-order valence-electron chi connectivity index (χ3n) is 4.14. The van der Waals surface area contributed by atoms with Gasteiger partial charge in [-0.1, -0.05) is 24.3 Å². The summed E-state index contributed by atoms with van der Waals surface area (Å²) in [6.07, 6.45) is -0.687. The summed E-state index contributed by atoms with van der Waals surface area (Å²) in [5, 5.41) is 2.82. The van der Waals surface area contributed by atoms with Gasteiger partial charge in [0, 0.05) is 13.1 Å². The fourth-order valence-corrected chi connectivity index (χ4v) is 2.64. The van der Waals surface area contributed by atoms with Crippen LogP contribution in [0.25, 0.3) is 0 Å². The van der Waals surface area contributed by atoms with E-state index in [1.54, 1.807) is 36.1 Å². The lowest BCUT2D eigenvalue weighted by Crippen LogP contribution is -2.33. The van der Waals surface area contributed by atoms with Crippen LogP contribution >= 0.6 is 0 Å². The zero-order valence-electron chi connectivity index (χ0n) is 15.8. The van der Waals surface area contributed by atoms with E-state index in [1.165, 1.54) is 0 Å². The second-order valence-electron chi connectivity index (χ2n) is 6.09. The van der Waals surface area contributed by atoms with Crippen molar-refractivity contribution >= 4 is 17.5 Å². The largest absolute Gasteiger partial charge is 0.481 e. The number of carbonyl (C=O) groups is 2. The van der Waals surface area contributed by atoms with E-state index in [9.17, 15) is 9.59 Å². The van der Waals surface area contributed by atoms with Gasteiger partial charge in [0.2, 0.25) is 0 Å². The highest BCUT2D eigenvalue weighted by Gasteiger charge is 2.20. The molecule has 0 saturated carbocycles. The maximum atomic E-state index is 12.7. The Morgan fingerprint density at radius 2 is 1.77 bits per heavy atom. The summed E-state index contributed by atoms with van der Waals surface area (Å²) < 4.78 is 5.71. The van der Waals surface area contributed by atoms with Crippen molar-refractivity contribution in [1.29, 1.82) is 0 Å². The molecule has 2 aromatic rings. The van der Waals surface area contributed by atoms with Crippen molar-refractivity contribution in [2.75, 3.05) is 18.4 Å². The average Bonchev–Trinajstić information content (AvgIpc) is 2.63. The molecule has 0 saturated heterocycles. The van der Waals surface area contributed by atoms with E-state index in [0.717, 1.165) is 5.56 Å². The van der Waals surface area contributed by atoms with Crippen molar-refractivity contribution in [3.63, 3.8) is 0 Å². The predicted molar refractivity (Wildman–Crippen MR) is 104 cm³/mol. The molecule has 2 amide bonds. The molecule has 0 aliphatic carbocycles. The summed E-state index contributed by atoms with van der Waals surface area (Å²) in [5.41, 5.74) is 2.03. The molecule has 2 aromatic carbocycles. The molecule has 0 aromatic heterocycles. The number of benzene rings is 2. The maximum absolute atomic E-state index is 12.7. The number of aryl methyl sites for hydroxylation is 1. The molecule has 0 unspecified atom stereocenters. The molecule has 0 fully saturated rings. The Hall–Kier alpha value is -2.82. The average molecular weight is 354 g/mol. The Labute approximate surface area is 155 Å². The predicted octanol–water partition coefficient (Wildman–Crippen LogP) is 3.88. The van der Waals surface area contributed by atoms with Crippen LogP contribution in [0.15, 0.2) is 48.5 Å². The van der Waals surface area contributed by atoms with Crippen molar-refractivity contribution in [2.24, 2.45) is 0 Å². The minimum absolute atomic E-state index is 0.0989. The molecule has 0 aliphatic rings. The highest BCUT2D eigenvalue weighted by Crippen LogP contribution is 2.19. The highest BCUT2D eigenvalue weighted by molar-refractivity contribution is 6.04.